The van der Waals surface area contributed by atoms with Crippen molar-refractivity contribution >= 4 is 0 Å². The van der Waals surface area contributed by atoms with Crippen molar-refractivity contribution in [2.45, 2.75) is 32.1 Å². The second-order valence-corrected chi connectivity index (χ2v) is 5.09. The highest BCUT2D eigenvalue weighted by Crippen LogP contribution is 2.40. The molecule has 19 heavy (non-hydrogen) atoms. The number of methoxy groups -OCH3 is 1. The van der Waals surface area contributed by atoms with Crippen molar-refractivity contribution in [2.24, 2.45) is 7.05 Å². The molecule has 1 saturated carbocycles. The van der Waals surface area contributed by atoms with Gasteiger partial charge in [0.25, 0.3) is 0 Å². The Bertz CT molecular complexity index is 599. The molecule has 0 bridgehead atoms. The second-order valence-electron chi connectivity index (χ2n) is 5.09. The van der Waals surface area contributed by atoms with Crippen molar-refractivity contribution in [3.63, 3.8) is 0 Å². The van der Waals surface area contributed by atoms with E-state index >= 15 is 0 Å². The predicted molar refractivity (Wildman–Crippen MR) is 74.3 cm³/mol. The molecule has 1 aliphatic carbocycles. The Balaban J connectivity index is 2.05. The average Bonchev–Trinajstić information content (AvgIpc) is 3.22. The number of ether oxygens (including phenoxy) is 1. The SMILES string of the molecule is CCc1cc(C2CC2)cnc1-c1ncc(OC)n1C. The second kappa shape index (κ2) is 4.68. The fourth-order valence-corrected chi connectivity index (χ4v) is 2.44. The van der Waals surface area contributed by atoms with Gasteiger partial charge < -0.3 is 4.74 Å². The van der Waals surface area contributed by atoms with Crippen LogP contribution in [0, 0.1) is 0 Å². The maximum atomic E-state index is 5.27. The first kappa shape index (κ1) is 12.2. The first-order valence-corrected chi connectivity index (χ1v) is 6.79. The Morgan fingerprint density at radius 1 is 1.32 bits per heavy atom. The zero-order valence-corrected chi connectivity index (χ0v) is 11.7. The van der Waals surface area contributed by atoms with E-state index in [9.17, 15) is 0 Å². The highest BCUT2D eigenvalue weighted by molar-refractivity contribution is 5.57. The monoisotopic (exact) mass is 257 g/mol. The van der Waals surface area contributed by atoms with Crippen LogP contribution >= 0.6 is 0 Å². The Labute approximate surface area is 113 Å². The molecular formula is C15H19N3O. The third-order valence-corrected chi connectivity index (χ3v) is 3.78. The number of rotatable bonds is 4. The molecular weight excluding hydrogens is 238 g/mol. The van der Waals surface area contributed by atoms with Crippen molar-refractivity contribution in [3.8, 4) is 17.4 Å². The van der Waals surface area contributed by atoms with E-state index in [1.807, 2.05) is 17.8 Å². The maximum Gasteiger partial charge on any atom is 0.213 e. The van der Waals surface area contributed by atoms with Crippen LogP contribution in [0.25, 0.3) is 11.5 Å². The summed E-state index contributed by atoms with van der Waals surface area (Å²) in [4.78, 5) is 9.08. The average molecular weight is 257 g/mol. The van der Waals surface area contributed by atoms with Crippen LogP contribution in [-0.2, 0) is 13.5 Å². The standard InChI is InChI=1S/C15H19N3O/c1-4-10-7-12(11-5-6-11)8-16-14(10)15-17-9-13(19-3)18(15)2/h7-9,11H,4-6H2,1-3H3. The smallest absolute Gasteiger partial charge is 0.213 e. The van der Waals surface area contributed by atoms with Gasteiger partial charge in [-0.25, -0.2) is 4.98 Å². The molecule has 0 aliphatic heterocycles. The van der Waals surface area contributed by atoms with E-state index in [1.165, 1.54) is 24.0 Å². The van der Waals surface area contributed by atoms with Crippen LogP contribution in [-0.4, -0.2) is 21.6 Å². The van der Waals surface area contributed by atoms with Crippen LogP contribution in [0.15, 0.2) is 18.5 Å². The van der Waals surface area contributed by atoms with Gasteiger partial charge in [-0.2, -0.15) is 0 Å². The highest BCUT2D eigenvalue weighted by Gasteiger charge is 2.25. The number of pyridine rings is 1. The van der Waals surface area contributed by atoms with Crippen LogP contribution in [0.4, 0.5) is 0 Å². The van der Waals surface area contributed by atoms with Gasteiger partial charge in [0, 0.05) is 13.2 Å². The van der Waals surface area contributed by atoms with Gasteiger partial charge in [0.2, 0.25) is 5.88 Å². The molecule has 2 aromatic rings. The molecule has 1 aliphatic rings. The quantitative estimate of drug-likeness (QED) is 0.845. The van der Waals surface area contributed by atoms with E-state index in [0.29, 0.717) is 0 Å². The maximum absolute atomic E-state index is 5.27. The molecule has 2 heterocycles. The number of imidazole rings is 1. The summed E-state index contributed by atoms with van der Waals surface area (Å²) in [7, 11) is 3.61. The van der Waals surface area contributed by atoms with Crippen molar-refractivity contribution in [1.82, 2.24) is 14.5 Å². The Morgan fingerprint density at radius 3 is 2.68 bits per heavy atom. The van der Waals surface area contributed by atoms with Crippen molar-refractivity contribution in [1.29, 1.82) is 0 Å². The van der Waals surface area contributed by atoms with Gasteiger partial charge in [0.05, 0.1) is 13.3 Å². The number of hydrogen-bond donors (Lipinski definition) is 0. The zero-order chi connectivity index (χ0) is 13.4. The lowest BCUT2D eigenvalue weighted by Gasteiger charge is -2.10. The molecule has 0 spiro atoms. The van der Waals surface area contributed by atoms with Gasteiger partial charge in [-0.05, 0) is 36.3 Å². The van der Waals surface area contributed by atoms with E-state index in [2.05, 4.69) is 23.0 Å². The Morgan fingerprint density at radius 2 is 2.11 bits per heavy atom. The molecule has 3 rings (SSSR count). The summed E-state index contributed by atoms with van der Waals surface area (Å²) in [5, 5.41) is 0. The molecule has 0 radical (unpaired) electrons. The normalized spacial score (nSPS) is 14.7. The largest absolute Gasteiger partial charge is 0.481 e. The van der Waals surface area contributed by atoms with Gasteiger partial charge in [-0.1, -0.05) is 13.0 Å². The Kier molecular flexibility index (Phi) is 3.01. The number of aromatic nitrogens is 3. The van der Waals surface area contributed by atoms with E-state index < -0.39 is 0 Å². The van der Waals surface area contributed by atoms with Crippen LogP contribution < -0.4 is 4.74 Å². The minimum absolute atomic E-state index is 0.739. The molecule has 0 aromatic carbocycles. The fourth-order valence-electron chi connectivity index (χ4n) is 2.44. The summed E-state index contributed by atoms with van der Waals surface area (Å²) in [6.07, 6.45) is 7.33. The van der Waals surface area contributed by atoms with Crippen molar-refractivity contribution in [2.75, 3.05) is 7.11 Å². The third kappa shape index (κ3) is 2.11. The van der Waals surface area contributed by atoms with E-state index in [-0.39, 0.29) is 0 Å². The van der Waals surface area contributed by atoms with Crippen LogP contribution in [0.5, 0.6) is 5.88 Å². The summed E-state index contributed by atoms with van der Waals surface area (Å²) in [5.41, 5.74) is 3.61. The molecule has 0 amide bonds. The molecule has 100 valence electrons. The molecule has 0 atom stereocenters. The minimum atomic E-state index is 0.739. The molecule has 0 saturated heterocycles. The lowest BCUT2D eigenvalue weighted by molar-refractivity contribution is 0.383. The zero-order valence-electron chi connectivity index (χ0n) is 11.7. The van der Waals surface area contributed by atoms with E-state index in [4.69, 9.17) is 4.74 Å². The molecule has 4 nitrogen and oxygen atoms in total. The summed E-state index contributed by atoms with van der Waals surface area (Å²) in [5.74, 6) is 2.36. The summed E-state index contributed by atoms with van der Waals surface area (Å²) >= 11 is 0. The summed E-state index contributed by atoms with van der Waals surface area (Å²) in [6, 6.07) is 2.29. The van der Waals surface area contributed by atoms with Gasteiger partial charge in [0.1, 0.15) is 5.69 Å². The topological polar surface area (TPSA) is 39.9 Å². The lowest BCUT2D eigenvalue weighted by Crippen LogP contribution is -2.01. The van der Waals surface area contributed by atoms with Gasteiger partial charge >= 0.3 is 0 Å². The molecule has 1 fully saturated rings. The molecule has 4 heteroatoms. The number of aryl methyl sites for hydroxylation is 1. The molecule has 2 aromatic heterocycles. The minimum Gasteiger partial charge on any atom is -0.481 e. The van der Waals surface area contributed by atoms with Gasteiger partial charge in [-0.3, -0.25) is 9.55 Å². The summed E-state index contributed by atoms with van der Waals surface area (Å²) < 4.78 is 7.21. The fraction of sp³-hybridized carbons (Fsp3) is 0.467. The summed E-state index contributed by atoms with van der Waals surface area (Å²) in [6.45, 7) is 2.16. The van der Waals surface area contributed by atoms with Crippen LogP contribution in [0.2, 0.25) is 0 Å². The number of hydrogen-bond acceptors (Lipinski definition) is 3. The highest BCUT2D eigenvalue weighted by atomic mass is 16.5. The van der Waals surface area contributed by atoms with Crippen molar-refractivity contribution in [3.05, 3.63) is 29.6 Å². The van der Waals surface area contributed by atoms with Crippen molar-refractivity contribution < 1.29 is 4.74 Å². The third-order valence-electron chi connectivity index (χ3n) is 3.78. The van der Waals surface area contributed by atoms with E-state index in [1.54, 1.807) is 13.3 Å². The van der Waals surface area contributed by atoms with Crippen LogP contribution in [0.1, 0.15) is 36.8 Å². The first-order chi connectivity index (χ1) is 9.24. The van der Waals surface area contributed by atoms with Gasteiger partial charge in [0.15, 0.2) is 5.82 Å². The predicted octanol–water partition coefficient (Wildman–Crippen LogP) is 2.93. The Hall–Kier alpha value is -1.84. The van der Waals surface area contributed by atoms with Gasteiger partial charge in [-0.15, -0.1) is 0 Å². The number of nitrogens with zero attached hydrogens (tertiary/aromatic N) is 3. The molecule has 0 N–H and O–H groups in total. The van der Waals surface area contributed by atoms with Crippen LogP contribution in [0.3, 0.4) is 0 Å². The van der Waals surface area contributed by atoms with E-state index in [0.717, 1.165) is 29.7 Å². The lowest BCUT2D eigenvalue weighted by atomic mass is 10.1. The first-order valence-electron chi connectivity index (χ1n) is 6.79. The molecule has 0 unspecified atom stereocenters.